The zero-order valence-electron chi connectivity index (χ0n) is 21.2. The number of aryl methyl sites for hydroxylation is 1. The Morgan fingerprint density at radius 1 is 1.21 bits per heavy atom. The number of alkyl halides is 1. The predicted octanol–water partition coefficient (Wildman–Crippen LogP) is 4.82. The first-order valence-corrected chi connectivity index (χ1v) is 12.6. The molecule has 5 rings (SSSR count). The molecule has 1 aliphatic heterocycles. The summed E-state index contributed by atoms with van der Waals surface area (Å²) in [6.45, 7) is 6.57. The number of aliphatic imine (C=N–C) groups is 1. The van der Waals surface area contributed by atoms with Crippen LogP contribution in [0.1, 0.15) is 38.0 Å². The van der Waals surface area contributed by atoms with E-state index in [0.717, 1.165) is 0 Å². The number of hydrogen-bond acceptors (Lipinski definition) is 11. The minimum atomic E-state index is -1.08. The molecule has 13 heteroatoms. The lowest BCUT2D eigenvalue weighted by Crippen LogP contribution is -2.49. The molecule has 1 unspecified atom stereocenters. The molecule has 3 N–H and O–H groups in total. The van der Waals surface area contributed by atoms with E-state index in [4.69, 9.17) is 15.0 Å². The van der Waals surface area contributed by atoms with Crippen molar-refractivity contribution in [3.8, 4) is 5.88 Å². The molecule has 0 amide bonds. The van der Waals surface area contributed by atoms with Gasteiger partial charge in [-0.1, -0.05) is 23.8 Å². The molecule has 0 aliphatic carbocycles. The lowest BCUT2D eigenvalue weighted by atomic mass is 9.74. The summed E-state index contributed by atoms with van der Waals surface area (Å²) in [6.07, 6.45) is 3.05. The van der Waals surface area contributed by atoms with Crippen molar-refractivity contribution >= 4 is 39.5 Å². The van der Waals surface area contributed by atoms with Gasteiger partial charge >= 0.3 is 0 Å². The van der Waals surface area contributed by atoms with Gasteiger partial charge in [-0.25, -0.2) is 23.7 Å². The van der Waals surface area contributed by atoms with Crippen LogP contribution in [0.4, 0.5) is 20.3 Å². The molecule has 1 aromatic carbocycles. The van der Waals surface area contributed by atoms with E-state index in [1.165, 1.54) is 24.0 Å². The summed E-state index contributed by atoms with van der Waals surface area (Å²) in [6, 6.07) is 6.28. The second-order valence-corrected chi connectivity index (χ2v) is 11.0. The summed E-state index contributed by atoms with van der Waals surface area (Å²) in [5.74, 6) is 0.728. The van der Waals surface area contributed by atoms with Gasteiger partial charge in [-0.3, -0.25) is 4.99 Å². The van der Waals surface area contributed by atoms with Crippen molar-refractivity contribution in [2.24, 2.45) is 16.6 Å². The number of nitrogens with zero attached hydrogens (tertiary/aromatic N) is 6. The van der Waals surface area contributed by atoms with Crippen LogP contribution in [0.3, 0.4) is 0 Å². The Bertz CT molecular complexity index is 1530. The number of nitrogens with two attached hydrogens (primary N) is 1. The van der Waals surface area contributed by atoms with Crippen LogP contribution in [-0.2, 0) is 12.1 Å². The highest BCUT2D eigenvalue weighted by Gasteiger charge is 2.50. The maximum absolute atomic E-state index is 15.2. The average molecular weight is 541 g/mol. The molecule has 0 fully saturated rings. The van der Waals surface area contributed by atoms with E-state index in [2.05, 4.69) is 35.4 Å². The van der Waals surface area contributed by atoms with Crippen LogP contribution in [0.5, 0.6) is 5.88 Å². The second-order valence-electron chi connectivity index (χ2n) is 9.44. The zero-order chi connectivity index (χ0) is 27.1. The molecule has 0 saturated carbocycles. The van der Waals surface area contributed by atoms with Crippen molar-refractivity contribution in [3.63, 3.8) is 0 Å². The standard InChI is InChI=1S/C25H26F2N8O2S/c1-13-24(3,12-26)38-23(28)34-25(13,4)16-9-15(5-6-17(16)27)32-22-21-18(7-8-29-22)33-20(10-30-21)36-11-19-31-14(2)37-35-19/h5-10,13H,11-12H2,1-4H3,(H2,28,34)(H,29,32)/t13?,24-,25+/m1/s1. The molecular weight excluding hydrogens is 514 g/mol. The fourth-order valence-corrected chi connectivity index (χ4v) is 5.64. The minimum Gasteiger partial charge on any atom is -0.468 e. The molecule has 4 aromatic rings. The van der Waals surface area contributed by atoms with Gasteiger partial charge in [-0.05, 0) is 38.1 Å². The molecule has 10 nitrogen and oxygen atoms in total. The number of rotatable bonds is 7. The molecule has 0 spiro atoms. The second kappa shape index (κ2) is 9.78. The maximum Gasteiger partial charge on any atom is 0.233 e. The van der Waals surface area contributed by atoms with E-state index >= 15 is 4.39 Å². The lowest BCUT2D eigenvalue weighted by Gasteiger charge is -2.46. The van der Waals surface area contributed by atoms with Crippen molar-refractivity contribution in [1.29, 1.82) is 0 Å². The molecule has 3 atom stereocenters. The molecule has 198 valence electrons. The number of amidine groups is 1. The molecule has 0 saturated heterocycles. The average Bonchev–Trinajstić information content (AvgIpc) is 3.32. The number of hydrogen-bond donors (Lipinski definition) is 2. The Kier molecular flexibility index (Phi) is 6.63. The summed E-state index contributed by atoms with van der Waals surface area (Å²) in [5, 5.41) is 7.21. The van der Waals surface area contributed by atoms with Gasteiger partial charge in [0.25, 0.3) is 0 Å². The molecule has 3 aromatic heterocycles. The van der Waals surface area contributed by atoms with Gasteiger partial charge in [0.05, 0.1) is 22.0 Å². The van der Waals surface area contributed by atoms with E-state index < -0.39 is 22.8 Å². The van der Waals surface area contributed by atoms with Crippen LogP contribution in [0.2, 0.25) is 0 Å². The number of aromatic nitrogens is 5. The Labute approximate surface area is 221 Å². The molecule has 38 heavy (non-hydrogen) atoms. The Morgan fingerprint density at radius 3 is 2.76 bits per heavy atom. The molecule has 0 radical (unpaired) electrons. The van der Waals surface area contributed by atoms with Crippen molar-refractivity contribution in [2.75, 3.05) is 12.0 Å². The van der Waals surface area contributed by atoms with Crippen LogP contribution >= 0.6 is 11.8 Å². The quantitative estimate of drug-likeness (QED) is 0.336. The number of anilines is 2. The van der Waals surface area contributed by atoms with Crippen molar-refractivity contribution in [1.82, 2.24) is 25.1 Å². The van der Waals surface area contributed by atoms with Crippen LogP contribution in [-0.4, -0.2) is 41.7 Å². The number of benzene rings is 1. The summed E-state index contributed by atoms with van der Waals surface area (Å²) >= 11 is 1.18. The van der Waals surface area contributed by atoms with Gasteiger partial charge in [-0.2, -0.15) is 4.98 Å². The van der Waals surface area contributed by atoms with Gasteiger partial charge < -0.3 is 20.3 Å². The minimum absolute atomic E-state index is 0.0796. The predicted molar refractivity (Wildman–Crippen MR) is 140 cm³/mol. The van der Waals surface area contributed by atoms with Crippen LogP contribution in [0.25, 0.3) is 11.0 Å². The number of ether oxygens (including phenoxy) is 1. The van der Waals surface area contributed by atoms with Crippen LogP contribution in [0, 0.1) is 18.7 Å². The van der Waals surface area contributed by atoms with Crippen LogP contribution < -0.4 is 15.8 Å². The van der Waals surface area contributed by atoms with Crippen LogP contribution in [0.15, 0.2) is 46.2 Å². The number of thioether (sulfide) groups is 1. The third-order valence-electron chi connectivity index (χ3n) is 6.84. The SMILES string of the molecule is Cc1nc(COc2cnc3c(Nc4ccc(F)c([C@@]5(C)N=C(N)S[C@](C)(CF)C5C)c4)nccc3n2)no1. The van der Waals surface area contributed by atoms with E-state index in [0.29, 0.717) is 39.8 Å². The third-order valence-corrected chi connectivity index (χ3v) is 8.06. The van der Waals surface area contributed by atoms with E-state index in [9.17, 15) is 4.39 Å². The Morgan fingerprint density at radius 2 is 2.03 bits per heavy atom. The molecule has 1 aliphatic rings. The highest BCUT2D eigenvalue weighted by atomic mass is 32.2. The Hall–Kier alpha value is -3.87. The topological polar surface area (TPSA) is 137 Å². The summed E-state index contributed by atoms with van der Waals surface area (Å²) in [4.78, 5) is 22.0. The molecule has 4 heterocycles. The highest BCUT2D eigenvalue weighted by Crippen LogP contribution is 2.50. The van der Waals surface area contributed by atoms with Gasteiger partial charge in [0.1, 0.15) is 18.0 Å². The Balaban J connectivity index is 1.43. The van der Waals surface area contributed by atoms with Crippen molar-refractivity contribution < 1.29 is 18.0 Å². The number of pyridine rings is 1. The number of nitrogens with one attached hydrogen (secondary N) is 1. The van der Waals surface area contributed by atoms with E-state index in [-0.39, 0.29) is 23.6 Å². The first-order chi connectivity index (χ1) is 18.1. The van der Waals surface area contributed by atoms with Crippen molar-refractivity contribution in [3.05, 3.63) is 59.8 Å². The number of halogens is 2. The van der Waals surface area contributed by atoms with Gasteiger partial charge in [0, 0.05) is 30.3 Å². The zero-order valence-corrected chi connectivity index (χ0v) is 22.0. The summed E-state index contributed by atoms with van der Waals surface area (Å²) in [7, 11) is 0. The smallest absolute Gasteiger partial charge is 0.233 e. The van der Waals surface area contributed by atoms with E-state index in [1.807, 2.05) is 6.92 Å². The highest BCUT2D eigenvalue weighted by molar-refractivity contribution is 8.15. The third kappa shape index (κ3) is 4.73. The van der Waals surface area contributed by atoms with Crippen molar-refractivity contribution in [2.45, 2.75) is 44.6 Å². The normalized spacial score (nSPS) is 23.3. The first-order valence-electron chi connectivity index (χ1n) is 11.8. The largest absolute Gasteiger partial charge is 0.468 e. The fraction of sp³-hybridized carbons (Fsp3) is 0.360. The number of fused-ring (bicyclic) bond motifs is 1. The van der Waals surface area contributed by atoms with Gasteiger partial charge in [-0.15, -0.1) is 0 Å². The maximum atomic E-state index is 15.2. The summed E-state index contributed by atoms with van der Waals surface area (Å²) < 4.78 is 39.0. The lowest BCUT2D eigenvalue weighted by molar-refractivity contribution is 0.221. The molecule has 0 bridgehead atoms. The van der Waals surface area contributed by atoms with Gasteiger partial charge in [0.2, 0.25) is 17.6 Å². The fourth-order valence-electron chi connectivity index (χ4n) is 4.46. The monoisotopic (exact) mass is 540 g/mol. The first kappa shape index (κ1) is 25.8. The van der Waals surface area contributed by atoms with Gasteiger partial charge in [0.15, 0.2) is 17.6 Å². The molecular formula is C25H26F2N8O2S. The van der Waals surface area contributed by atoms with E-state index in [1.54, 1.807) is 45.2 Å². The summed E-state index contributed by atoms with van der Waals surface area (Å²) in [5.41, 5.74) is 6.87.